The summed E-state index contributed by atoms with van der Waals surface area (Å²) < 4.78 is 1.75. The number of anilines is 1. The van der Waals surface area contributed by atoms with E-state index in [0.717, 1.165) is 11.3 Å². The molecule has 0 fully saturated rings. The third-order valence-corrected chi connectivity index (χ3v) is 3.74. The largest absolute Gasteiger partial charge is 0.396 e. The van der Waals surface area contributed by atoms with E-state index in [0.29, 0.717) is 12.1 Å². The number of nitrogens with zero attached hydrogens (tertiary/aromatic N) is 2. The van der Waals surface area contributed by atoms with E-state index in [4.69, 9.17) is 28.9 Å². The van der Waals surface area contributed by atoms with Crippen molar-refractivity contribution in [2.24, 2.45) is 7.05 Å². The Balaban J connectivity index is 2.11. The Kier molecular flexibility index (Phi) is 4.20. The number of nitrogens with one attached hydrogen (secondary N) is 1. The molecule has 2 rings (SSSR count). The zero-order chi connectivity index (χ0) is 14.9. The third kappa shape index (κ3) is 2.89. The number of aromatic nitrogens is 2. The molecule has 1 aromatic carbocycles. The molecule has 20 heavy (non-hydrogen) atoms. The molecule has 0 aliphatic heterocycles. The van der Waals surface area contributed by atoms with Crippen LogP contribution in [-0.2, 0) is 13.6 Å². The fourth-order valence-electron chi connectivity index (χ4n) is 1.71. The second kappa shape index (κ2) is 5.73. The lowest BCUT2D eigenvalue weighted by molar-refractivity contribution is 0.0951. The van der Waals surface area contributed by atoms with E-state index in [1.54, 1.807) is 10.9 Å². The topological polar surface area (TPSA) is 72.9 Å². The van der Waals surface area contributed by atoms with Gasteiger partial charge in [-0.2, -0.15) is 5.10 Å². The zero-order valence-electron chi connectivity index (χ0n) is 11.1. The van der Waals surface area contributed by atoms with Gasteiger partial charge in [0, 0.05) is 30.4 Å². The third-order valence-electron chi connectivity index (χ3n) is 3.12. The number of benzene rings is 1. The molecule has 0 aliphatic carbocycles. The van der Waals surface area contributed by atoms with Crippen LogP contribution in [-0.4, -0.2) is 15.7 Å². The van der Waals surface area contributed by atoms with Crippen LogP contribution < -0.4 is 11.1 Å². The first kappa shape index (κ1) is 14.7. The number of halogens is 2. The number of hydrogen-bond acceptors (Lipinski definition) is 3. The highest BCUT2D eigenvalue weighted by molar-refractivity contribution is 6.39. The number of carbonyl (C=O) groups excluding carboxylic acids is 1. The molecule has 106 valence electrons. The number of amides is 1. The van der Waals surface area contributed by atoms with Crippen molar-refractivity contribution in [3.63, 3.8) is 0 Å². The average molecular weight is 313 g/mol. The molecule has 7 heteroatoms. The van der Waals surface area contributed by atoms with Crippen LogP contribution in [0.15, 0.2) is 18.3 Å². The molecule has 0 spiro atoms. The summed E-state index contributed by atoms with van der Waals surface area (Å²) in [5.41, 5.74) is 8.23. The van der Waals surface area contributed by atoms with Gasteiger partial charge in [0.05, 0.1) is 21.9 Å². The summed E-state index contributed by atoms with van der Waals surface area (Å²) in [4.78, 5) is 12.1. The van der Waals surface area contributed by atoms with Crippen LogP contribution in [0.4, 0.5) is 5.69 Å². The van der Waals surface area contributed by atoms with E-state index in [-0.39, 0.29) is 21.6 Å². The maximum absolute atomic E-state index is 12.1. The Morgan fingerprint density at radius 1 is 1.40 bits per heavy atom. The molecule has 5 nitrogen and oxygen atoms in total. The van der Waals surface area contributed by atoms with Crippen LogP contribution in [0.1, 0.15) is 21.6 Å². The second-order valence-corrected chi connectivity index (χ2v) is 5.23. The van der Waals surface area contributed by atoms with Crippen molar-refractivity contribution < 1.29 is 4.79 Å². The first-order chi connectivity index (χ1) is 9.40. The van der Waals surface area contributed by atoms with Crippen molar-refractivity contribution in [1.82, 2.24) is 15.1 Å². The molecule has 0 radical (unpaired) electrons. The Morgan fingerprint density at radius 2 is 2.00 bits per heavy atom. The van der Waals surface area contributed by atoms with Gasteiger partial charge in [0.2, 0.25) is 0 Å². The van der Waals surface area contributed by atoms with Crippen LogP contribution in [0, 0.1) is 6.92 Å². The van der Waals surface area contributed by atoms with E-state index in [2.05, 4.69) is 10.4 Å². The summed E-state index contributed by atoms with van der Waals surface area (Å²) in [6.45, 7) is 2.32. The van der Waals surface area contributed by atoms with Crippen molar-refractivity contribution in [3.8, 4) is 0 Å². The van der Waals surface area contributed by atoms with E-state index in [1.807, 2.05) is 14.0 Å². The van der Waals surface area contributed by atoms with Gasteiger partial charge in [-0.3, -0.25) is 9.48 Å². The number of nitrogens with two attached hydrogens (primary N) is 1. The van der Waals surface area contributed by atoms with Crippen molar-refractivity contribution in [2.75, 3.05) is 5.73 Å². The zero-order valence-corrected chi connectivity index (χ0v) is 12.6. The molecule has 1 aromatic heterocycles. The van der Waals surface area contributed by atoms with E-state index in [9.17, 15) is 4.79 Å². The lowest BCUT2D eigenvalue weighted by Gasteiger charge is -2.08. The molecule has 0 bridgehead atoms. The maximum atomic E-state index is 12.1. The Morgan fingerprint density at radius 3 is 2.50 bits per heavy atom. The summed E-state index contributed by atoms with van der Waals surface area (Å²) in [6.07, 6.45) is 1.72. The first-order valence-electron chi connectivity index (χ1n) is 5.90. The van der Waals surface area contributed by atoms with Gasteiger partial charge in [0.25, 0.3) is 5.91 Å². The van der Waals surface area contributed by atoms with Gasteiger partial charge in [-0.25, -0.2) is 0 Å². The Hall–Kier alpha value is -1.72. The molecule has 0 unspecified atom stereocenters. The fourth-order valence-corrected chi connectivity index (χ4v) is 2.20. The molecule has 0 saturated carbocycles. The number of aryl methyl sites for hydroxylation is 1. The van der Waals surface area contributed by atoms with E-state index >= 15 is 0 Å². The molecule has 1 amide bonds. The van der Waals surface area contributed by atoms with Crippen LogP contribution in [0.5, 0.6) is 0 Å². The summed E-state index contributed by atoms with van der Waals surface area (Å²) in [7, 11) is 1.85. The molecule has 1 heterocycles. The molecule has 0 saturated heterocycles. The minimum Gasteiger partial charge on any atom is -0.396 e. The molecule has 3 N–H and O–H groups in total. The summed E-state index contributed by atoms with van der Waals surface area (Å²) in [6, 6.07) is 2.99. The monoisotopic (exact) mass is 312 g/mol. The fraction of sp³-hybridized carbons (Fsp3) is 0.231. The Labute approximate surface area is 126 Å². The highest BCUT2D eigenvalue weighted by atomic mass is 35.5. The van der Waals surface area contributed by atoms with Crippen molar-refractivity contribution >= 4 is 34.8 Å². The highest BCUT2D eigenvalue weighted by Gasteiger charge is 2.12. The summed E-state index contributed by atoms with van der Waals surface area (Å²) in [5.74, 6) is -0.267. The molecular formula is C13H14Cl2N4O. The van der Waals surface area contributed by atoms with Gasteiger partial charge >= 0.3 is 0 Å². The number of carbonyl (C=O) groups is 1. The summed E-state index contributed by atoms with van der Waals surface area (Å²) in [5, 5.41) is 7.43. The smallest absolute Gasteiger partial charge is 0.251 e. The van der Waals surface area contributed by atoms with Crippen molar-refractivity contribution in [2.45, 2.75) is 13.5 Å². The molecule has 0 aliphatic rings. The predicted octanol–water partition coefficient (Wildman–Crippen LogP) is 2.55. The van der Waals surface area contributed by atoms with Crippen LogP contribution >= 0.6 is 23.2 Å². The first-order valence-corrected chi connectivity index (χ1v) is 6.66. The van der Waals surface area contributed by atoms with E-state index < -0.39 is 0 Å². The average Bonchev–Trinajstić information content (AvgIpc) is 2.73. The minimum absolute atomic E-state index is 0.264. The van der Waals surface area contributed by atoms with Crippen LogP contribution in [0.2, 0.25) is 10.0 Å². The summed E-state index contributed by atoms with van der Waals surface area (Å²) >= 11 is 11.8. The highest BCUT2D eigenvalue weighted by Crippen LogP contribution is 2.28. The van der Waals surface area contributed by atoms with Gasteiger partial charge < -0.3 is 11.1 Å². The minimum atomic E-state index is -0.267. The van der Waals surface area contributed by atoms with Crippen LogP contribution in [0.25, 0.3) is 0 Å². The predicted molar refractivity (Wildman–Crippen MR) is 80.0 cm³/mol. The number of nitrogen functional groups attached to an aromatic ring is 1. The van der Waals surface area contributed by atoms with Crippen molar-refractivity contribution in [3.05, 3.63) is 45.2 Å². The number of rotatable bonds is 3. The number of hydrogen-bond donors (Lipinski definition) is 2. The quantitative estimate of drug-likeness (QED) is 0.855. The van der Waals surface area contributed by atoms with Gasteiger partial charge in [-0.1, -0.05) is 23.2 Å². The lowest BCUT2D eigenvalue weighted by Crippen LogP contribution is -2.23. The lowest BCUT2D eigenvalue weighted by atomic mass is 10.2. The standard InChI is InChI=1S/C13H14Cl2N4O/c1-7-9(6-18-19(7)2)5-17-13(20)8-3-10(14)12(16)11(15)4-8/h3-4,6H,5,16H2,1-2H3,(H,17,20). The SMILES string of the molecule is Cc1c(CNC(=O)c2cc(Cl)c(N)c(Cl)c2)cnn1C. The Bertz CT molecular complexity index is 643. The van der Waals surface area contributed by atoms with Gasteiger partial charge in [-0.05, 0) is 19.1 Å². The second-order valence-electron chi connectivity index (χ2n) is 4.42. The van der Waals surface area contributed by atoms with Gasteiger partial charge in [0.15, 0.2) is 0 Å². The van der Waals surface area contributed by atoms with E-state index in [1.165, 1.54) is 12.1 Å². The molecule has 2 aromatic rings. The van der Waals surface area contributed by atoms with Crippen molar-refractivity contribution in [1.29, 1.82) is 0 Å². The molecule has 0 atom stereocenters. The van der Waals surface area contributed by atoms with Gasteiger partial charge in [-0.15, -0.1) is 0 Å². The van der Waals surface area contributed by atoms with Gasteiger partial charge in [0.1, 0.15) is 0 Å². The van der Waals surface area contributed by atoms with Crippen LogP contribution in [0.3, 0.4) is 0 Å². The maximum Gasteiger partial charge on any atom is 0.251 e. The molecular weight excluding hydrogens is 299 g/mol. The normalized spacial score (nSPS) is 10.6.